The van der Waals surface area contributed by atoms with Gasteiger partial charge in [-0.3, -0.25) is 35.1 Å². The highest BCUT2D eigenvalue weighted by atomic mass is 16.7. The first-order valence-electron chi connectivity index (χ1n) is 36.7. The Bertz CT molecular complexity index is 4350. The highest BCUT2D eigenvalue weighted by Gasteiger charge is 2.47. The maximum atomic E-state index is 11.5. The van der Waals surface area contributed by atoms with E-state index in [0.717, 1.165) is 30.6 Å². The van der Waals surface area contributed by atoms with E-state index in [4.69, 9.17) is 58.7 Å². The first-order valence-corrected chi connectivity index (χ1v) is 36.7. The number of para-hydroxylation sites is 1. The van der Waals surface area contributed by atoms with Gasteiger partial charge in [-0.15, -0.1) is 0 Å². The summed E-state index contributed by atoms with van der Waals surface area (Å²) < 4.78 is 44.2. The molecule has 30 nitrogen and oxygen atoms in total. The standard InChI is InChI=1S/C17H17NO2.C17H16O2.C8H8N2O5.C8H9NO3.C8H10O.C8H10.C7H12O7.C7H8O.C6H12O5/c1-2-18-17(19)20-11-16-14-9-5-3-7-12(14)13-8-4-6-10-15(13)16;1-2-17(18)19-11-16-14-9-5-3-7-12(14)13-8-4-6-10-15(13)16;1-5-3-6(9(11)12)8(15-2)7(4-5)10(13)14;1-6-3-4-8(12-2)7(5-6)9(10)11;1-7-3-5-8(9-2)6-4-7;1-2-8-6-4-3-5-7-8;1-13-7-4(10)2(8)3(9)5(14-7)6(11)12;1-8-7-5-3-2-4-6-7;7-1-3-5(9)6(10)4(2-8)11-3/h3-10,16H,2,11H2,1H3,(H,18,19);3-10,16H,2,11H2,1H3;3-4H,1-2H3;3-5H,1-2H3;3-6H,1-2H3;3-7H,2H2,1H3;2-5,7-10H,1H3,(H,11,12);2-6H,1H3;3-10H,1-2H2/t;;;;;;2-,3+,4?,5?,7-;;3?,4?,5-,6+/m......1../s1. The van der Waals surface area contributed by atoms with E-state index in [-0.39, 0.29) is 48.5 Å². The van der Waals surface area contributed by atoms with Crippen molar-refractivity contribution < 1.29 is 113 Å². The molecule has 0 aromatic heterocycles. The number of aliphatic hydroxyl groups excluding tert-OH is 7. The average Bonchev–Trinajstić information content (AvgIpc) is 1.62. The molecule has 9 N–H and O–H groups in total. The fraction of sp³-hybridized carbons (Fsp3) is 0.337. The maximum Gasteiger partial charge on any atom is 0.407 e. The van der Waals surface area contributed by atoms with Crippen molar-refractivity contribution in [2.45, 2.75) is 121 Å². The number of amides is 1. The van der Waals surface area contributed by atoms with Crippen molar-refractivity contribution in [2.24, 2.45) is 0 Å². The summed E-state index contributed by atoms with van der Waals surface area (Å²) in [6.07, 6.45) is -10.1. The van der Waals surface area contributed by atoms with Gasteiger partial charge in [0, 0.05) is 50.1 Å². The van der Waals surface area contributed by atoms with Gasteiger partial charge in [0.1, 0.15) is 67.4 Å². The molecule has 0 saturated carbocycles. The van der Waals surface area contributed by atoms with Crippen LogP contribution in [0.5, 0.6) is 23.0 Å². The second-order valence-corrected chi connectivity index (χ2v) is 25.8. The number of nitrogens with zero attached hydrogens (tertiary/aromatic N) is 3. The molecule has 2 fully saturated rings. The average molecular weight is 1610 g/mol. The lowest BCUT2D eigenvalue weighted by Gasteiger charge is -2.37. The predicted octanol–water partition coefficient (Wildman–Crippen LogP) is 12.0. The minimum atomic E-state index is -1.67. The molecule has 2 heterocycles. The molecular weight excluding hydrogens is 1500 g/mol. The normalized spacial score (nSPS) is 18.0. The van der Waals surface area contributed by atoms with Crippen LogP contribution in [0.3, 0.4) is 0 Å². The molecule has 0 radical (unpaired) electrons. The summed E-state index contributed by atoms with van der Waals surface area (Å²) in [6.45, 7) is 11.9. The van der Waals surface area contributed by atoms with Crippen molar-refractivity contribution in [3.8, 4) is 45.3 Å². The van der Waals surface area contributed by atoms with Crippen LogP contribution in [0.2, 0.25) is 0 Å². The van der Waals surface area contributed by atoms with Gasteiger partial charge in [-0.1, -0.05) is 183 Å². The second kappa shape index (κ2) is 49.1. The quantitative estimate of drug-likeness (QED) is 0.0219. The van der Waals surface area contributed by atoms with E-state index in [9.17, 15) is 60.0 Å². The molecule has 4 aliphatic rings. The molecule has 4 unspecified atom stereocenters. The van der Waals surface area contributed by atoms with Crippen molar-refractivity contribution in [1.82, 2.24) is 5.32 Å². The zero-order chi connectivity index (χ0) is 85.6. The SMILES string of the molecule is CCC(=O)OCC1c2ccccc2-c2ccccc21.CCNC(=O)OCC1c2ccccc2-c2ccccc21.CCc1ccccc1.CO[C@@H]1OC(C(=O)O)[C@@H](O)[C@@H](O)C1O.COc1c([N+](=O)[O-])cc(C)cc1[N+](=O)[O-].COc1ccc(C)cc1.COc1ccc(C)cc1[N+](=O)[O-].COc1ccccc1.OCC1OC(CO)[C@H](O)[C@@H]1O. The van der Waals surface area contributed by atoms with Crippen molar-refractivity contribution in [2.75, 3.05) is 68.5 Å². The van der Waals surface area contributed by atoms with Crippen molar-refractivity contribution in [1.29, 1.82) is 0 Å². The van der Waals surface area contributed by atoms with Gasteiger partial charge in [-0.2, -0.15) is 0 Å². The Kier molecular flexibility index (Phi) is 40.1. The number of carboxylic acid groups (broad SMARTS) is 1. The summed E-state index contributed by atoms with van der Waals surface area (Å²) in [6, 6.07) is 68.7. The minimum absolute atomic E-state index is 0.0116. The van der Waals surface area contributed by atoms with Crippen LogP contribution >= 0.6 is 0 Å². The maximum absolute atomic E-state index is 11.5. The van der Waals surface area contributed by atoms with E-state index in [2.05, 4.69) is 114 Å². The van der Waals surface area contributed by atoms with E-state index >= 15 is 0 Å². The summed E-state index contributed by atoms with van der Waals surface area (Å²) in [5, 5.41) is 106. The number of nitro groups is 3. The number of hydrogen-bond acceptors (Lipinski definition) is 25. The lowest BCUT2D eigenvalue weighted by Crippen LogP contribution is -2.60. The van der Waals surface area contributed by atoms with Crippen LogP contribution in [-0.2, 0) is 39.7 Å². The first kappa shape index (κ1) is 94.8. The lowest BCUT2D eigenvalue weighted by atomic mass is 9.98. The summed E-state index contributed by atoms with van der Waals surface area (Å²) in [7, 11) is 7.10. The fourth-order valence-corrected chi connectivity index (χ4v) is 12.0. The van der Waals surface area contributed by atoms with Crippen molar-refractivity contribution >= 4 is 35.1 Å². The van der Waals surface area contributed by atoms with Gasteiger partial charge < -0.3 is 88.8 Å². The fourth-order valence-electron chi connectivity index (χ4n) is 12.0. The molecule has 2 aliphatic heterocycles. The van der Waals surface area contributed by atoms with Gasteiger partial charge >= 0.3 is 35.1 Å². The molecule has 2 saturated heterocycles. The summed E-state index contributed by atoms with van der Waals surface area (Å²) >= 11 is 0. The number of fused-ring (bicyclic) bond motifs is 6. The number of nitro benzene ring substituents is 3. The summed E-state index contributed by atoms with van der Waals surface area (Å²) in [5.41, 5.74) is 13.2. The number of benzene rings is 9. The summed E-state index contributed by atoms with van der Waals surface area (Å²) in [5.74, 6) is 0.537. The third-order valence-electron chi connectivity index (χ3n) is 18.0. The summed E-state index contributed by atoms with van der Waals surface area (Å²) in [4.78, 5) is 63.2. The Morgan fingerprint density at radius 3 is 1.21 bits per heavy atom. The third-order valence-corrected chi connectivity index (χ3v) is 18.0. The Hall–Kier alpha value is -11.8. The molecule has 116 heavy (non-hydrogen) atoms. The molecule has 622 valence electrons. The molecule has 9 aromatic rings. The number of aryl methyl sites for hydroxylation is 4. The van der Waals surface area contributed by atoms with E-state index in [1.165, 1.54) is 88.1 Å². The molecule has 0 spiro atoms. The number of aliphatic hydroxyl groups is 7. The smallest absolute Gasteiger partial charge is 0.407 e. The molecular formula is C86H102N4O26. The predicted molar refractivity (Wildman–Crippen MR) is 432 cm³/mol. The Morgan fingerprint density at radius 2 is 0.853 bits per heavy atom. The Labute approximate surface area is 672 Å². The van der Waals surface area contributed by atoms with Crippen LogP contribution in [0.15, 0.2) is 212 Å². The topological polar surface area (TPSA) is 438 Å². The molecule has 13 rings (SSSR count). The second-order valence-electron chi connectivity index (χ2n) is 25.8. The van der Waals surface area contributed by atoms with Crippen LogP contribution in [0.4, 0.5) is 21.9 Å². The molecule has 9 atom stereocenters. The number of carboxylic acids is 1. The number of rotatable bonds is 18. The van der Waals surface area contributed by atoms with Gasteiger partial charge in [0.05, 0.1) is 56.4 Å². The van der Waals surface area contributed by atoms with E-state index in [1.807, 2.05) is 111 Å². The number of methoxy groups -OCH3 is 5. The minimum Gasteiger partial charge on any atom is -0.497 e. The first-order chi connectivity index (χ1) is 55.6. The number of carbonyl (C=O) groups is 3. The largest absolute Gasteiger partial charge is 0.497 e. The third kappa shape index (κ3) is 27.7. The van der Waals surface area contributed by atoms with Crippen LogP contribution in [0.25, 0.3) is 22.3 Å². The van der Waals surface area contributed by atoms with Gasteiger partial charge in [0.2, 0.25) is 0 Å². The van der Waals surface area contributed by atoms with Crippen molar-refractivity contribution in [3.05, 3.63) is 287 Å². The molecule has 30 heteroatoms. The van der Waals surface area contributed by atoms with Crippen LogP contribution in [0, 0.1) is 51.1 Å². The van der Waals surface area contributed by atoms with Crippen LogP contribution in [-0.4, -0.2) is 197 Å². The lowest BCUT2D eigenvalue weighted by molar-refractivity contribution is -0.395. The highest BCUT2D eigenvalue weighted by molar-refractivity contribution is 5.80. The number of ether oxygens (including phenoxy) is 9. The van der Waals surface area contributed by atoms with E-state index in [0.29, 0.717) is 37.5 Å². The van der Waals surface area contributed by atoms with Crippen LogP contribution < -0.4 is 24.3 Å². The van der Waals surface area contributed by atoms with Crippen molar-refractivity contribution in [3.63, 3.8) is 0 Å². The van der Waals surface area contributed by atoms with Crippen LogP contribution in [0.1, 0.15) is 83.5 Å². The molecule has 2 aliphatic carbocycles. The number of aliphatic carboxylic acids is 1. The molecule has 0 bridgehead atoms. The number of hydrogen-bond donors (Lipinski definition) is 9. The number of carbonyl (C=O) groups excluding carboxylic acids is 2. The zero-order valence-corrected chi connectivity index (χ0v) is 66.3. The molecule has 9 aromatic carbocycles. The highest BCUT2D eigenvalue weighted by Crippen LogP contribution is 2.46. The Morgan fingerprint density at radius 1 is 0.448 bits per heavy atom. The number of nitrogens with one attached hydrogen (secondary N) is 1. The van der Waals surface area contributed by atoms with Gasteiger partial charge in [-0.25, -0.2) is 9.59 Å². The van der Waals surface area contributed by atoms with Gasteiger partial charge in [0.15, 0.2) is 18.1 Å². The number of alkyl carbamates (subject to hydrolysis) is 1. The number of esters is 1. The molecule has 1 amide bonds. The monoisotopic (exact) mass is 1610 g/mol. The van der Waals surface area contributed by atoms with Gasteiger partial charge in [0.25, 0.3) is 5.75 Å². The van der Waals surface area contributed by atoms with E-state index < -0.39 is 87.2 Å². The zero-order valence-electron chi connectivity index (χ0n) is 66.3. The van der Waals surface area contributed by atoms with Gasteiger partial charge in [-0.05, 0) is 126 Å². The Balaban J connectivity index is 0.000000237. The van der Waals surface area contributed by atoms with E-state index in [1.54, 1.807) is 40.2 Å².